The van der Waals surface area contributed by atoms with Crippen molar-refractivity contribution in [2.75, 3.05) is 5.32 Å². The molecule has 0 aliphatic heterocycles. The molecule has 8 heteroatoms. The fraction of sp³-hybridized carbons (Fsp3) is 0.333. The fourth-order valence-corrected chi connectivity index (χ4v) is 3.85. The maximum absolute atomic E-state index is 12.3. The molecule has 2 heterocycles. The summed E-state index contributed by atoms with van der Waals surface area (Å²) in [4.78, 5) is 30.5. The fourth-order valence-electron chi connectivity index (χ4n) is 2.18. The van der Waals surface area contributed by atoms with Crippen molar-refractivity contribution in [2.45, 2.75) is 38.3 Å². The molecule has 0 unspecified atom stereocenters. The van der Waals surface area contributed by atoms with Gasteiger partial charge in [-0.25, -0.2) is 4.98 Å². The van der Waals surface area contributed by atoms with Crippen molar-refractivity contribution in [2.24, 2.45) is 5.41 Å². The number of benzene rings is 1. The predicted octanol–water partition coefficient (Wildman–Crippen LogP) is 3.74. The van der Waals surface area contributed by atoms with Crippen LogP contribution in [-0.4, -0.2) is 20.5 Å². The Morgan fingerprint density at radius 3 is 2.77 bits per heavy atom. The zero-order valence-electron chi connectivity index (χ0n) is 15.1. The van der Waals surface area contributed by atoms with Crippen LogP contribution in [0.25, 0.3) is 4.96 Å². The van der Waals surface area contributed by atoms with Gasteiger partial charge >= 0.3 is 0 Å². The molecule has 3 aromatic rings. The molecule has 0 bridgehead atoms. The van der Waals surface area contributed by atoms with Crippen LogP contribution in [0.1, 0.15) is 31.5 Å². The lowest BCUT2D eigenvalue weighted by molar-refractivity contribution is -0.123. The van der Waals surface area contributed by atoms with Gasteiger partial charge in [0, 0.05) is 22.1 Å². The lowest BCUT2D eigenvalue weighted by Gasteiger charge is -2.19. The van der Waals surface area contributed by atoms with Gasteiger partial charge < -0.3 is 5.32 Å². The van der Waals surface area contributed by atoms with E-state index in [-0.39, 0.29) is 11.5 Å². The van der Waals surface area contributed by atoms with Crippen molar-refractivity contribution in [1.29, 1.82) is 0 Å². The first kappa shape index (κ1) is 18.6. The third-order valence-corrected chi connectivity index (χ3v) is 5.52. The summed E-state index contributed by atoms with van der Waals surface area (Å²) in [5.74, 6) is 0.494. The van der Waals surface area contributed by atoms with Gasteiger partial charge in [0.05, 0.1) is 11.4 Å². The first-order valence-electron chi connectivity index (χ1n) is 8.14. The van der Waals surface area contributed by atoms with Gasteiger partial charge in [-0.05, 0) is 19.1 Å². The molecule has 0 saturated carbocycles. The number of para-hydroxylation sites is 1. The number of aryl methyl sites for hydroxylation is 1. The van der Waals surface area contributed by atoms with Crippen molar-refractivity contribution >= 4 is 39.7 Å². The van der Waals surface area contributed by atoms with E-state index in [9.17, 15) is 9.59 Å². The molecule has 3 rings (SSSR count). The van der Waals surface area contributed by atoms with Gasteiger partial charge in [-0.3, -0.25) is 9.59 Å². The van der Waals surface area contributed by atoms with Crippen LogP contribution in [0.3, 0.4) is 0 Å². The zero-order chi connectivity index (χ0) is 18.9. The third kappa shape index (κ3) is 4.13. The molecule has 1 N–H and O–H groups in total. The van der Waals surface area contributed by atoms with E-state index in [0.717, 1.165) is 15.6 Å². The Hall–Kier alpha value is -2.19. The highest BCUT2D eigenvalue weighted by Crippen LogP contribution is 2.30. The molecule has 6 nitrogen and oxygen atoms in total. The predicted molar refractivity (Wildman–Crippen MR) is 106 cm³/mol. The summed E-state index contributed by atoms with van der Waals surface area (Å²) in [5.41, 5.74) is 0.817. The third-order valence-electron chi connectivity index (χ3n) is 3.59. The highest BCUT2D eigenvalue weighted by atomic mass is 32.2. The van der Waals surface area contributed by atoms with Crippen LogP contribution in [-0.2, 0) is 10.5 Å². The second-order valence-electron chi connectivity index (χ2n) is 6.89. The average molecular weight is 389 g/mol. The number of nitrogens with one attached hydrogen (secondary N) is 1. The highest BCUT2D eigenvalue weighted by Gasteiger charge is 2.22. The molecule has 136 valence electrons. The normalized spacial score (nSPS) is 11.7. The molecular weight excluding hydrogens is 368 g/mol. The summed E-state index contributed by atoms with van der Waals surface area (Å²) in [6.45, 7) is 7.48. The van der Waals surface area contributed by atoms with E-state index in [1.165, 1.54) is 33.7 Å². The minimum absolute atomic E-state index is 0.0384. The number of rotatable bonds is 4. The van der Waals surface area contributed by atoms with Gasteiger partial charge in [-0.1, -0.05) is 44.2 Å². The number of fused-ring (bicyclic) bond motifs is 1. The minimum Gasteiger partial charge on any atom is -0.325 e. The maximum Gasteiger partial charge on any atom is 0.275 e. The Morgan fingerprint density at radius 2 is 2.04 bits per heavy atom. The van der Waals surface area contributed by atoms with Gasteiger partial charge in [-0.15, -0.1) is 11.8 Å². The van der Waals surface area contributed by atoms with Crippen molar-refractivity contribution in [3.63, 3.8) is 0 Å². The zero-order valence-corrected chi connectivity index (χ0v) is 16.7. The van der Waals surface area contributed by atoms with Gasteiger partial charge in [0.15, 0.2) is 0 Å². The maximum atomic E-state index is 12.3. The number of amides is 1. The summed E-state index contributed by atoms with van der Waals surface area (Å²) in [6, 6.07) is 9.15. The van der Waals surface area contributed by atoms with Crippen LogP contribution < -0.4 is 10.9 Å². The van der Waals surface area contributed by atoms with E-state index >= 15 is 0 Å². The average Bonchev–Trinajstić information content (AvgIpc) is 2.94. The van der Waals surface area contributed by atoms with Crippen molar-refractivity contribution in [3.05, 3.63) is 51.4 Å². The lowest BCUT2D eigenvalue weighted by Crippen LogP contribution is -2.27. The molecule has 26 heavy (non-hydrogen) atoms. The number of thioether (sulfide) groups is 1. The Balaban J connectivity index is 1.80. The van der Waals surface area contributed by atoms with E-state index in [2.05, 4.69) is 15.4 Å². The molecule has 0 atom stereocenters. The summed E-state index contributed by atoms with van der Waals surface area (Å²) < 4.78 is 1.33. The van der Waals surface area contributed by atoms with Crippen LogP contribution in [0.4, 0.5) is 5.69 Å². The Bertz CT molecular complexity index is 1020. The van der Waals surface area contributed by atoms with E-state index in [4.69, 9.17) is 0 Å². The minimum atomic E-state index is -0.469. The largest absolute Gasteiger partial charge is 0.325 e. The number of carbonyl (C=O) groups excluding carboxylic acids is 1. The quantitative estimate of drug-likeness (QED) is 0.689. The Morgan fingerprint density at radius 1 is 1.31 bits per heavy atom. The molecule has 0 radical (unpaired) electrons. The summed E-state index contributed by atoms with van der Waals surface area (Å²) in [6.07, 6.45) is 0. The standard InChI is InChI=1S/C18H20N4O2S2/c1-11-21-22-15(23)9-12(19-17(22)26-11)10-25-14-8-6-5-7-13(14)20-16(24)18(2,3)4/h5-9H,10H2,1-4H3,(H,20,24). The molecular formula is C18H20N4O2S2. The number of aromatic nitrogens is 3. The summed E-state index contributed by atoms with van der Waals surface area (Å²) in [7, 11) is 0. The van der Waals surface area contributed by atoms with E-state index in [1.54, 1.807) is 0 Å². The smallest absolute Gasteiger partial charge is 0.275 e. The molecule has 0 saturated heterocycles. The number of hydrogen-bond donors (Lipinski definition) is 1. The molecule has 2 aromatic heterocycles. The number of hydrogen-bond acceptors (Lipinski definition) is 6. The molecule has 0 fully saturated rings. The van der Waals surface area contributed by atoms with E-state index < -0.39 is 5.41 Å². The van der Waals surface area contributed by atoms with Crippen molar-refractivity contribution < 1.29 is 4.79 Å². The highest BCUT2D eigenvalue weighted by molar-refractivity contribution is 7.98. The van der Waals surface area contributed by atoms with Gasteiger partial charge in [-0.2, -0.15) is 9.61 Å². The second-order valence-corrected chi connectivity index (χ2v) is 9.07. The number of nitrogens with zero attached hydrogens (tertiary/aromatic N) is 3. The first-order chi connectivity index (χ1) is 12.2. The van der Waals surface area contributed by atoms with Gasteiger partial charge in [0.1, 0.15) is 5.01 Å². The Kier molecular flexibility index (Phi) is 5.15. The first-order valence-corrected chi connectivity index (χ1v) is 9.94. The topological polar surface area (TPSA) is 76.4 Å². The van der Waals surface area contributed by atoms with Gasteiger partial charge in [0.25, 0.3) is 5.56 Å². The monoisotopic (exact) mass is 388 g/mol. The molecule has 0 aliphatic carbocycles. The van der Waals surface area contributed by atoms with E-state index in [0.29, 0.717) is 16.4 Å². The van der Waals surface area contributed by atoms with Crippen molar-refractivity contribution in [3.8, 4) is 0 Å². The van der Waals surface area contributed by atoms with Crippen LogP contribution in [0, 0.1) is 12.3 Å². The molecule has 0 spiro atoms. The number of carbonyl (C=O) groups is 1. The lowest BCUT2D eigenvalue weighted by atomic mass is 9.95. The Labute approximate surface area is 159 Å². The second kappa shape index (κ2) is 7.20. The number of anilines is 1. The SMILES string of the molecule is Cc1nn2c(=O)cc(CSc3ccccc3NC(=O)C(C)(C)C)nc2s1. The van der Waals surface area contributed by atoms with Gasteiger partial charge in [0.2, 0.25) is 10.9 Å². The van der Waals surface area contributed by atoms with Crippen LogP contribution in [0.5, 0.6) is 0 Å². The molecule has 1 amide bonds. The molecule has 0 aliphatic rings. The summed E-state index contributed by atoms with van der Waals surface area (Å²) >= 11 is 2.93. The van der Waals surface area contributed by atoms with Crippen molar-refractivity contribution in [1.82, 2.24) is 14.6 Å². The molecule has 1 aromatic carbocycles. The summed E-state index contributed by atoms with van der Waals surface area (Å²) in [5, 5.41) is 7.93. The van der Waals surface area contributed by atoms with Crippen LogP contribution in [0.15, 0.2) is 40.0 Å². The van der Waals surface area contributed by atoms with Crippen LogP contribution in [0.2, 0.25) is 0 Å². The van der Waals surface area contributed by atoms with E-state index in [1.807, 2.05) is 52.0 Å². The van der Waals surface area contributed by atoms with Crippen LogP contribution >= 0.6 is 23.1 Å².